The van der Waals surface area contributed by atoms with Crippen LogP contribution in [0.5, 0.6) is 5.75 Å². The first-order chi connectivity index (χ1) is 17.7. The highest BCUT2D eigenvalue weighted by Gasteiger charge is 2.32. The lowest BCUT2D eigenvalue weighted by Gasteiger charge is -2.07. The molecular weight excluding hydrogens is 496 g/mol. The number of fused-ring (bicyclic) bond motifs is 1. The van der Waals surface area contributed by atoms with Crippen molar-refractivity contribution in [1.82, 2.24) is 10.1 Å². The first-order valence-electron chi connectivity index (χ1n) is 10.8. The van der Waals surface area contributed by atoms with Gasteiger partial charge < -0.3 is 18.8 Å². The van der Waals surface area contributed by atoms with Gasteiger partial charge in [0.15, 0.2) is 12.0 Å². The molecule has 0 saturated carbocycles. The van der Waals surface area contributed by atoms with Gasteiger partial charge in [-0.05, 0) is 35.9 Å². The summed E-state index contributed by atoms with van der Waals surface area (Å²) in [7, 11) is 0. The van der Waals surface area contributed by atoms with E-state index in [2.05, 4.69) is 10.1 Å². The van der Waals surface area contributed by atoms with Crippen molar-refractivity contribution in [2.45, 2.75) is 19.4 Å². The number of nitrogens with zero attached hydrogens (tertiary/aromatic N) is 2. The molecule has 7 nitrogen and oxygen atoms in total. The van der Waals surface area contributed by atoms with Crippen LogP contribution in [0.1, 0.15) is 17.0 Å². The van der Waals surface area contributed by atoms with Crippen LogP contribution >= 0.6 is 0 Å². The Morgan fingerprint density at radius 3 is 2.46 bits per heavy atom. The molecule has 0 radical (unpaired) electrons. The van der Waals surface area contributed by atoms with E-state index < -0.39 is 17.6 Å². The predicted octanol–water partition coefficient (Wildman–Crippen LogP) is 5.74. The van der Waals surface area contributed by atoms with Crippen LogP contribution in [-0.2, 0) is 19.4 Å². The zero-order chi connectivity index (χ0) is 26.2. The highest BCUT2D eigenvalue weighted by Crippen LogP contribution is 2.33. The van der Waals surface area contributed by atoms with Gasteiger partial charge in [-0.1, -0.05) is 29.4 Å². The van der Waals surface area contributed by atoms with Crippen molar-refractivity contribution in [1.29, 1.82) is 0 Å². The summed E-state index contributed by atoms with van der Waals surface area (Å²) in [5.74, 6) is -0.755. The Balaban J connectivity index is 1.36. The molecule has 188 valence electrons. The quantitative estimate of drug-likeness (QED) is 0.290. The summed E-state index contributed by atoms with van der Waals surface area (Å²) >= 11 is 0. The molecule has 0 aliphatic carbocycles. The third-order valence-electron chi connectivity index (χ3n) is 5.43. The summed E-state index contributed by atoms with van der Waals surface area (Å²) in [6.07, 6.45) is -4.74. The molecule has 2 heterocycles. The fourth-order valence-corrected chi connectivity index (χ4v) is 3.60. The number of aromatic nitrogens is 2. The van der Waals surface area contributed by atoms with Gasteiger partial charge in [-0.2, -0.15) is 18.2 Å². The zero-order valence-electron chi connectivity index (χ0n) is 18.8. The molecule has 0 spiro atoms. The first-order valence-corrected chi connectivity index (χ1v) is 10.8. The number of hydrogen-bond acceptors (Lipinski definition) is 7. The highest BCUT2D eigenvalue weighted by molar-refractivity contribution is 5.80. The number of aliphatic hydroxyl groups excluding tert-OH is 1. The maximum atomic E-state index is 13.7. The second-order valence-corrected chi connectivity index (χ2v) is 8.02. The Labute approximate surface area is 205 Å². The molecule has 37 heavy (non-hydrogen) atoms. The molecular formula is C26H16F4N2O5. The second-order valence-electron chi connectivity index (χ2n) is 8.02. The van der Waals surface area contributed by atoms with Gasteiger partial charge in [0, 0.05) is 23.3 Å². The fourth-order valence-electron chi connectivity index (χ4n) is 3.60. The molecule has 0 aliphatic rings. The van der Waals surface area contributed by atoms with Crippen LogP contribution in [-0.4, -0.2) is 15.2 Å². The van der Waals surface area contributed by atoms with E-state index in [9.17, 15) is 27.5 Å². The van der Waals surface area contributed by atoms with E-state index in [1.54, 1.807) is 24.3 Å². The lowest BCUT2D eigenvalue weighted by atomic mass is 10.1. The summed E-state index contributed by atoms with van der Waals surface area (Å²) < 4.78 is 69.1. The van der Waals surface area contributed by atoms with E-state index in [-0.39, 0.29) is 41.5 Å². The van der Waals surface area contributed by atoms with Gasteiger partial charge >= 0.3 is 6.18 Å². The Morgan fingerprint density at radius 1 is 0.946 bits per heavy atom. The molecule has 3 aromatic carbocycles. The number of hydrogen-bond donors (Lipinski definition) is 1. The summed E-state index contributed by atoms with van der Waals surface area (Å²) in [5.41, 5.74) is -0.0409. The van der Waals surface area contributed by atoms with E-state index in [0.717, 1.165) is 6.07 Å². The van der Waals surface area contributed by atoms with Crippen molar-refractivity contribution in [3.8, 4) is 28.5 Å². The minimum Gasteiger partial charge on any atom is -0.485 e. The minimum absolute atomic E-state index is 0.00657. The van der Waals surface area contributed by atoms with E-state index in [4.69, 9.17) is 13.7 Å². The molecule has 0 fully saturated rings. The average molecular weight is 512 g/mol. The van der Waals surface area contributed by atoms with Crippen molar-refractivity contribution in [2.24, 2.45) is 0 Å². The van der Waals surface area contributed by atoms with Crippen molar-refractivity contribution >= 4 is 11.0 Å². The Bertz CT molecular complexity index is 1640. The molecule has 11 heteroatoms. The van der Waals surface area contributed by atoms with Gasteiger partial charge in [0.1, 0.15) is 22.9 Å². The SMILES string of the molecule is O=c1cc(-c2ccc(CO)cc2)oc2cc(OCc3noc(-c4cc(F)cc(C(F)(F)F)c4)n3)ccc12. The molecule has 1 N–H and O–H groups in total. The van der Waals surface area contributed by atoms with Gasteiger partial charge in [-0.25, -0.2) is 4.39 Å². The molecule has 0 amide bonds. The standard InChI is InChI=1S/C26H16F4N2O5/c27-18-8-16(7-17(9-18)26(28,29)30)25-31-24(32-37-25)13-35-19-5-6-20-21(34)11-22(36-23(20)10-19)15-3-1-14(12-33)2-4-15/h1-11,33H,12-13H2. The minimum atomic E-state index is -4.74. The average Bonchev–Trinajstić information content (AvgIpc) is 3.36. The Hall–Kier alpha value is -4.51. The van der Waals surface area contributed by atoms with E-state index in [1.165, 1.54) is 24.3 Å². The lowest BCUT2D eigenvalue weighted by Crippen LogP contribution is -2.05. The summed E-state index contributed by atoms with van der Waals surface area (Å²) in [6, 6.07) is 14.8. The number of aliphatic hydroxyl groups is 1. The number of halogens is 4. The molecule has 0 atom stereocenters. The normalized spacial score (nSPS) is 11.7. The molecule has 0 aliphatic heterocycles. The summed E-state index contributed by atoms with van der Waals surface area (Å²) in [4.78, 5) is 16.5. The first kappa shape index (κ1) is 24.2. The van der Waals surface area contributed by atoms with Crippen LogP contribution in [0.25, 0.3) is 33.7 Å². The Kier molecular flexibility index (Phi) is 6.22. The third-order valence-corrected chi connectivity index (χ3v) is 5.43. The van der Waals surface area contributed by atoms with E-state index >= 15 is 0 Å². The monoisotopic (exact) mass is 512 g/mol. The van der Waals surface area contributed by atoms with Crippen molar-refractivity contribution in [3.63, 3.8) is 0 Å². The molecule has 0 saturated heterocycles. The van der Waals surface area contributed by atoms with E-state index in [0.29, 0.717) is 40.2 Å². The van der Waals surface area contributed by atoms with Gasteiger partial charge in [0.25, 0.3) is 5.89 Å². The van der Waals surface area contributed by atoms with Crippen LogP contribution in [0, 0.1) is 5.82 Å². The van der Waals surface area contributed by atoms with Gasteiger partial charge in [0.05, 0.1) is 17.6 Å². The number of ether oxygens (including phenoxy) is 1. The zero-order valence-corrected chi connectivity index (χ0v) is 18.8. The molecule has 0 bridgehead atoms. The lowest BCUT2D eigenvalue weighted by molar-refractivity contribution is -0.137. The number of rotatable bonds is 6. The van der Waals surface area contributed by atoms with Crippen LogP contribution in [0.15, 0.2) is 80.5 Å². The largest absolute Gasteiger partial charge is 0.485 e. The summed E-state index contributed by atoms with van der Waals surface area (Å²) in [6.45, 7) is -0.329. The van der Waals surface area contributed by atoms with Crippen molar-refractivity contribution in [3.05, 3.63) is 99.7 Å². The van der Waals surface area contributed by atoms with Crippen molar-refractivity contribution < 1.29 is 36.3 Å². The molecule has 0 unspecified atom stereocenters. The smallest absolute Gasteiger partial charge is 0.416 e. The van der Waals surface area contributed by atoms with Gasteiger partial charge in [-0.15, -0.1) is 0 Å². The van der Waals surface area contributed by atoms with Crippen molar-refractivity contribution in [2.75, 3.05) is 0 Å². The molecule has 2 aromatic heterocycles. The molecule has 5 rings (SSSR count). The van der Waals surface area contributed by atoms with Gasteiger partial charge in [0.2, 0.25) is 5.82 Å². The number of benzene rings is 3. The van der Waals surface area contributed by atoms with Crippen LogP contribution in [0.2, 0.25) is 0 Å². The van der Waals surface area contributed by atoms with Crippen LogP contribution in [0.4, 0.5) is 17.6 Å². The highest BCUT2D eigenvalue weighted by atomic mass is 19.4. The van der Waals surface area contributed by atoms with Crippen LogP contribution < -0.4 is 10.2 Å². The third kappa shape index (κ3) is 5.21. The maximum absolute atomic E-state index is 13.7. The maximum Gasteiger partial charge on any atom is 0.416 e. The summed E-state index contributed by atoms with van der Waals surface area (Å²) in [5, 5.41) is 13.2. The van der Waals surface area contributed by atoms with Crippen LogP contribution in [0.3, 0.4) is 0 Å². The molecule has 5 aromatic rings. The second kappa shape index (κ2) is 9.51. The topological polar surface area (TPSA) is 98.6 Å². The van der Waals surface area contributed by atoms with E-state index in [1.807, 2.05) is 0 Å². The Morgan fingerprint density at radius 2 is 1.73 bits per heavy atom. The van der Waals surface area contributed by atoms with Gasteiger partial charge in [-0.3, -0.25) is 4.79 Å². The number of alkyl halides is 3. The predicted molar refractivity (Wildman–Crippen MR) is 123 cm³/mol. The fraction of sp³-hybridized carbons (Fsp3) is 0.115.